The van der Waals surface area contributed by atoms with Gasteiger partial charge in [0, 0.05) is 24.7 Å². The predicted molar refractivity (Wildman–Crippen MR) is 175 cm³/mol. The van der Waals surface area contributed by atoms with Gasteiger partial charge in [0.05, 0.1) is 13.2 Å². The first kappa shape index (κ1) is 33.2. The molecular formula is C37H34ClN2O5P. The highest BCUT2D eigenvalue weighted by Gasteiger charge is 2.50. The monoisotopic (exact) mass is 652 g/mol. The summed E-state index contributed by atoms with van der Waals surface area (Å²) in [6, 6.07) is 54.1. The van der Waals surface area contributed by atoms with Gasteiger partial charge in [0.2, 0.25) is 5.44 Å². The van der Waals surface area contributed by atoms with Crippen LogP contribution in [0, 0.1) is 10.2 Å². The molecule has 0 saturated carbocycles. The summed E-state index contributed by atoms with van der Waals surface area (Å²) in [5, 5.41) is 3.83. The Labute approximate surface area is 272 Å². The second-order valence-electron chi connectivity index (χ2n) is 10.4. The number of hydrogen-bond acceptors (Lipinski definition) is 6. The Morgan fingerprint density at radius 3 is 1.37 bits per heavy atom. The highest BCUT2D eigenvalue weighted by molar-refractivity contribution is 7.99. The SMILES string of the molecule is C(=C(/N=C(/c1ccccc1)N1CCOCC1)[P+](c1ccccc1)(c1ccccc1)c1ccccc1)/c1ccccc1.[O-][Cl+3]([O-])([O-])[O-]. The molecule has 0 bridgehead atoms. The van der Waals surface area contributed by atoms with Crippen LogP contribution < -0.4 is 34.5 Å². The van der Waals surface area contributed by atoms with E-state index in [9.17, 15) is 0 Å². The summed E-state index contributed by atoms with van der Waals surface area (Å²) < 4.78 is 39.7. The number of nitrogens with zero attached hydrogens (tertiary/aromatic N) is 2. The average molecular weight is 653 g/mol. The molecule has 1 fully saturated rings. The third-order valence-electron chi connectivity index (χ3n) is 7.43. The lowest BCUT2D eigenvalue weighted by molar-refractivity contribution is -2.00. The molecule has 0 unspecified atom stereocenters. The lowest BCUT2D eigenvalue weighted by Gasteiger charge is -2.32. The standard InChI is InChI=1S/C37H34N2OP.ClHO4/c1-6-16-31(17-7-1)30-36(38-37(32-18-8-2-9-19-32)39-26-28-40-29-27-39)41(33-20-10-3-11-21-33,34-22-12-4-13-23-34)35-24-14-5-15-25-35;2-1(3,4)5/h1-25,30H,26-29H2;(H,2,3,4,5)/q+1;/p-1/b36-30+,38-37-;. The molecule has 9 heteroatoms. The van der Waals surface area contributed by atoms with Crippen LogP contribution in [0.3, 0.4) is 0 Å². The summed E-state index contributed by atoms with van der Waals surface area (Å²) in [6.07, 6.45) is 2.31. The van der Waals surface area contributed by atoms with Crippen molar-refractivity contribution in [3.8, 4) is 0 Å². The molecule has 5 aromatic rings. The van der Waals surface area contributed by atoms with Gasteiger partial charge >= 0.3 is 0 Å². The van der Waals surface area contributed by atoms with Crippen molar-refractivity contribution in [2.24, 2.45) is 4.99 Å². The molecule has 1 heterocycles. The fraction of sp³-hybridized carbons (Fsp3) is 0.108. The fourth-order valence-corrected chi connectivity index (χ4v) is 9.62. The second kappa shape index (κ2) is 15.9. The maximum Gasteiger partial charge on any atom is 0.200 e. The summed E-state index contributed by atoms with van der Waals surface area (Å²) in [6.45, 7) is 3.00. The maximum atomic E-state index is 8.49. The molecule has 5 aromatic carbocycles. The number of aliphatic imine (C=N–C) groups is 1. The van der Waals surface area contributed by atoms with Gasteiger partial charge in [-0.05, 0) is 42.0 Å². The van der Waals surface area contributed by atoms with E-state index in [4.69, 9.17) is 28.4 Å². The summed E-state index contributed by atoms with van der Waals surface area (Å²) in [5.41, 5.74) is 3.31. The Hall–Kier alpha value is -4.17. The third kappa shape index (κ3) is 8.55. The number of amidine groups is 1. The van der Waals surface area contributed by atoms with Gasteiger partial charge in [-0.3, -0.25) is 0 Å². The number of rotatable bonds is 7. The topological polar surface area (TPSA) is 117 Å². The molecule has 0 radical (unpaired) electrons. The Balaban J connectivity index is 0.000000775. The highest BCUT2D eigenvalue weighted by Crippen LogP contribution is 2.63. The van der Waals surface area contributed by atoms with Crippen molar-refractivity contribution in [3.63, 3.8) is 0 Å². The van der Waals surface area contributed by atoms with Crippen LogP contribution in [0.5, 0.6) is 0 Å². The molecule has 0 amide bonds. The second-order valence-corrected chi connectivity index (χ2v) is 14.5. The first-order chi connectivity index (χ1) is 22.4. The van der Waals surface area contributed by atoms with Gasteiger partial charge in [0.1, 0.15) is 21.7 Å². The molecule has 46 heavy (non-hydrogen) atoms. The number of halogens is 1. The van der Waals surface area contributed by atoms with E-state index in [-0.39, 0.29) is 0 Å². The van der Waals surface area contributed by atoms with E-state index in [1.807, 2.05) is 0 Å². The van der Waals surface area contributed by atoms with E-state index in [1.165, 1.54) is 15.9 Å². The molecule has 1 aliphatic rings. The molecule has 0 N–H and O–H groups in total. The van der Waals surface area contributed by atoms with Crippen LogP contribution >= 0.6 is 7.26 Å². The summed E-state index contributed by atoms with van der Waals surface area (Å²) in [4.78, 5) is 8.15. The van der Waals surface area contributed by atoms with Crippen LogP contribution in [-0.2, 0) is 4.74 Å². The van der Waals surface area contributed by atoms with Gasteiger partial charge in [0.15, 0.2) is 7.26 Å². The summed E-state index contributed by atoms with van der Waals surface area (Å²) in [5.74, 6) is 0.989. The van der Waals surface area contributed by atoms with Gasteiger partial charge in [-0.2, -0.15) is 4.99 Å². The van der Waals surface area contributed by atoms with E-state index < -0.39 is 17.5 Å². The van der Waals surface area contributed by atoms with Crippen LogP contribution in [0.1, 0.15) is 11.1 Å². The third-order valence-corrected chi connectivity index (χ3v) is 11.6. The van der Waals surface area contributed by atoms with E-state index in [0.717, 1.165) is 35.5 Å². The van der Waals surface area contributed by atoms with E-state index in [2.05, 4.69) is 163 Å². The molecule has 234 valence electrons. The van der Waals surface area contributed by atoms with Crippen LogP contribution in [0.15, 0.2) is 162 Å². The van der Waals surface area contributed by atoms with E-state index in [1.54, 1.807) is 0 Å². The number of ether oxygens (including phenoxy) is 1. The van der Waals surface area contributed by atoms with E-state index >= 15 is 0 Å². The number of morpholine rings is 1. The molecule has 7 nitrogen and oxygen atoms in total. The molecule has 1 aliphatic heterocycles. The minimum atomic E-state index is -4.94. The molecule has 6 rings (SSSR count). The lowest BCUT2D eigenvalue weighted by Crippen LogP contribution is -2.68. The quantitative estimate of drug-likeness (QED) is 0.151. The molecule has 0 aliphatic carbocycles. The zero-order chi connectivity index (χ0) is 32.2. The Bertz CT molecular complexity index is 1590. The first-order valence-electron chi connectivity index (χ1n) is 14.8. The van der Waals surface area contributed by atoms with Crippen molar-refractivity contribution in [3.05, 3.63) is 168 Å². The zero-order valence-electron chi connectivity index (χ0n) is 25.1. The van der Waals surface area contributed by atoms with Crippen molar-refractivity contribution in [2.75, 3.05) is 26.3 Å². The van der Waals surface area contributed by atoms with Crippen molar-refractivity contribution in [2.45, 2.75) is 0 Å². The normalized spacial score (nSPS) is 14.3. The van der Waals surface area contributed by atoms with E-state index in [0.29, 0.717) is 13.2 Å². The van der Waals surface area contributed by atoms with Crippen molar-refractivity contribution >= 4 is 35.1 Å². The van der Waals surface area contributed by atoms with Gasteiger partial charge in [-0.25, -0.2) is 18.6 Å². The summed E-state index contributed by atoms with van der Waals surface area (Å²) >= 11 is 0. The van der Waals surface area contributed by atoms with Gasteiger partial charge < -0.3 is 9.64 Å². The predicted octanol–water partition coefficient (Wildman–Crippen LogP) is 2.00. The number of benzene rings is 5. The van der Waals surface area contributed by atoms with Gasteiger partial charge in [-0.15, -0.1) is 10.2 Å². The lowest BCUT2D eigenvalue weighted by atomic mass is 10.2. The van der Waals surface area contributed by atoms with Crippen LogP contribution in [0.4, 0.5) is 0 Å². The fourth-order valence-electron chi connectivity index (χ4n) is 5.49. The molecular weight excluding hydrogens is 619 g/mol. The Kier molecular flexibility index (Phi) is 11.5. The minimum absolute atomic E-state index is 0.694. The molecule has 0 atom stereocenters. The Morgan fingerprint density at radius 2 is 0.957 bits per heavy atom. The molecule has 1 saturated heterocycles. The van der Waals surface area contributed by atoms with Gasteiger partial charge in [-0.1, -0.05) is 115 Å². The van der Waals surface area contributed by atoms with Crippen molar-refractivity contribution in [1.82, 2.24) is 4.90 Å². The van der Waals surface area contributed by atoms with Crippen LogP contribution in [0.25, 0.3) is 6.08 Å². The largest absolute Gasteiger partial charge is 0.378 e. The Morgan fingerprint density at radius 1 is 0.587 bits per heavy atom. The first-order valence-corrected chi connectivity index (χ1v) is 17.8. The van der Waals surface area contributed by atoms with Crippen LogP contribution in [0.2, 0.25) is 0 Å². The zero-order valence-corrected chi connectivity index (χ0v) is 26.8. The highest BCUT2D eigenvalue weighted by atomic mass is 35.7. The average Bonchev–Trinajstić information content (AvgIpc) is 3.09. The maximum absolute atomic E-state index is 8.49. The van der Waals surface area contributed by atoms with Crippen molar-refractivity contribution < 1.29 is 33.6 Å². The smallest absolute Gasteiger partial charge is 0.200 e. The van der Waals surface area contributed by atoms with Crippen LogP contribution in [-0.4, -0.2) is 37.0 Å². The molecule has 0 spiro atoms. The minimum Gasteiger partial charge on any atom is -0.378 e. The summed E-state index contributed by atoms with van der Waals surface area (Å²) in [7, 11) is -7.38. The van der Waals surface area contributed by atoms with Gasteiger partial charge in [0.25, 0.3) is 0 Å². The molecule has 0 aromatic heterocycles. The number of hydrogen-bond donors (Lipinski definition) is 0. The van der Waals surface area contributed by atoms with Crippen molar-refractivity contribution in [1.29, 1.82) is 0 Å².